The number of para-hydroxylation sites is 1. The summed E-state index contributed by atoms with van der Waals surface area (Å²) < 4.78 is 0. The Morgan fingerprint density at radius 2 is 1.39 bits per heavy atom. The molecule has 3 heteroatoms. The molecule has 0 aliphatic rings. The summed E-state index contributed by atoms with van der Waals surface area (Å²) >= 11 is 0. The summed E-state index contributed by atoms with van der Waals surface area (Å²) in [6, 6.07) is 46.6. The van der Waals surface area contributed by atoms with Gasteiger partial charge in [0, 0.05) is 11.6 Å². The van der Waals surface area contributed by atoms with Crippen LogP contribution >= 0.6 is 0 Å². The van der Waals surface area contributed by atoms with Gasteiger partial charge in [0.05, 0.1) is 15.0 Å². The molecule has 0 amide bonds. The van der Waals surface area contributed by atoms with Gasteiger partial charge in [-0.1, -0.05) is 84.9 Å². The smallest absolute Gasteiger partial charge is 0.256 e. The van der Waals surface area contributed by atoms with Crippen LogP contribution < -0.4 is 5.19 Å². The fraction of sp³-hybridized carbons (Fsp3) is 0.0571. The zero-order valence-electron chi connectivity index (χ0n) is 21.7. The van der Waals surface area contributed by atoms with Gasteiger partial charge in [-0.05, 0) is 17.7 Å². The van der Waals surface area contributed by atoms with E-state index < -0.39 is 0 Å². The zero-order valence-corrected chi connectivity index (χ0v) is 25.2. The van der Waals surface area contributed by atoms with Crippen molar-refractivity contribution in [2.24, 2.45) is 0 Å². The number of aromatic nitrogens is 1. The van der Waals surface area contributed by atoms with Gasteiger partial charge >= 0.3 is 26.2 Å². The van der Waals surface area contributed by atoms with Crippen molar-refractivity contribution in [3.05, 3.63) is 145 Å². The van der Waals surface area contributed by atoms with Gasteiger partial charge in [0.15, 0.2) is 0 Å². The second-order valence-corrected chi connectivity index (χ2v) is 10.1. The fourth-order valence-corrected chi connectivity index (χ4v) is 5.06. The van der Waals surface area contributed by atoms with Crippen LogP contribution in [0.5, 0.6) is 0 Å². The zero-order chi connectivity index (χ0) is 25.5. The van der Waals surface area contributed by atoms with Crippen LogP contribution in [0.15, 0.2) is 140 Å². The molecule has 0 aliphatic heterocycles. The van der Waals surface area contributed by atoms with Crippen LogP contribution in [0.2, 0.25) is 6.55 Å². The van der Waals surface area contributed by atoms with E-state index in [-0.39, 0.29) is 26.2 Å². The van der Waals surface area contributed by atoms with E-state index >= 15 is 0 Å². The van der Waals surface area contributed by atoms with Crippen LogP contribution in [0.1, 0.15) is 5.56 Å². The maximum Gasteiger partial charge on any atom is 2.00 e. The maximum atomic E-state index is 4.57. The van der Waals surface area contributed by atoms with E-state index in [1.54, 1.807) is 0 Å². The molecule has 7 aromatic rings. The van der Waals surface area contributed by atoms with Crippen LogP contribution in [0.3, 0.4) is 0 Å². The van der Waals surface area contributed by atoms with Crippen molar-refractivity contribution in [1.82, 2.24) is 4.98 Å². The predicted octanol–water partition coefficient (Wildman–Crippen LogP) is 8.70. The van der Waals surface area contributed by atoms with Crippen LogP contribution in [-0.2, 0) is 26.2 Å². The first-order chi connectivity index (χ1) is 18.2. The summed E-state index contributed by atoms with van der Waals surface area (Å²) in [5.74, 6) is 0. The number of hydrogen-bond donors (Lipinski definition) is 0. The van der Waals surface area contributed by atoms with Crippen molar-refractivity contribution in [2.45, 2.75) is 13.5 Å². The topological polar surface area (TPSA) is 12.9 Å². The average molecular weight is 583 g/mol. The summed E-state index contributed by atoms with van der Waals surface area (Å²) in [6.45, 7) is 4.33. The number of pyridine rings is 1. The SMILES string of the molecule is C[Si]c1ccccc1.Cc1cc2c(-c3cnc4ccccc4c3)cccc2[cH-]1.[Zr+2].c1ccc2[cH-]ccc2c1. The number of hydrogen-bond acceptors (Lipinski definition) is 1. The molecule has 0 aliphatic carbocycles. The van der Waals surface area contributed by atoms with Crippen LogP contribution in [0.25, 0.3) is 43.6 Å². The Hall–Kier alpha value is -3.39. The second kappa shape index (κ2) is 13.4. The minimum Gasteiger partial charge on any atom is -0.256 e. The van der Waals surface area contributed by atoms with Crippen molar-refractivity contribution in [1.29, 1.82) is 0 Å². The van der Waals surface area contributed by atoms with E-state index in [0.29, 0.717) is 0 Å². The van der Waals surface area contributed by atoms with Gasteiger partial charge in [-0.2, -0.15) is 23.6 Å². The molecule has 0 saturated heterocycles. The Morgan fingerprint density at radius 1 is 0.684 bits per heavy atom. The number of benzene rings is 4. The van der Waals surface area contributed by atoms with Crippen molar-refractivity contribution in [3.8, 4) is 11.1 Å². The molecular weight excluding hydrogens is 554 g/mol. The van der Waals surface area contributed by atoms with E-state index in [2.05, 4.69) is 134 Å². The Morgan fingerprint density at radius 3 is 2.16 bits per heavy atom. The second-order valence-electron chi connectivity index (χ2n) is 9.03. The van der Waals surface area contributed by atoms with Gasteiger partial charge in [-0.25, -0.2) is 0 Å². The van der Waals surface area contributed by atoms with E-state index in [1.807, 2.05) is 24.4 Å². The minimum atomic E-state index is 0. The molecule has 6 aromatic carbocycles. The van der Waals surface area contributed by atoms with Gasteiger partial charge < -0.3 is 0 Å². The third kappa shape index (κ3) is 6.72. The standard InChI is InChI=1S/C19H14N.C9H7.C7H8Si.Zr/c1-13-9-14-6-4-7-17(18(14)10-13)16-11-15-5-2-3-8-19(15)20-12-16;1-2-5-9-7-3-6-8(9)4-1;1-8-7-5-3-2-4-6-7;/h2-12H,1H3;1-7H;2-6H,1H3;/q2*-1;;+2. The minimum absolute atomic E-state index is 0. The monoisotopic (exact) mass is 581 g/mol. The summed E-state index contributed by atoms with van der Waals surface area (Å²) in [4.78, 5) is 4.57. The normalized spacial score (nSPS) is 10.3. The first-order valence-electron chi connectivity index (χ1n) is 12.6. The molecule has 38 heavy (non-hydrogen) atoms. The molecule has 1 heterocycles. The predicted molar refractivity (Wildman–Crippen MR) is 162 cm³/mol. The number of fused-ring (bicyclic) bond motifs is 3. The molecule has 0 saturated carbocycles. The molecule has 7 rings (SSSR count). The number of aryl methyl sites for hydroxylation is 1. The van der Waals surface area contributed by atoms with Gasteiger partial charge in [0.25, 0.3) is 0 Å². The molecule has 0 unspecified atom stereocenters. The molecule has 1 aromatic heterocycles. The number of nitrogens with zero attached hydrogens (tertiary/aromatic N) is 1. The van der Waals surface area contributed by atoms with Crippen LogP contribution in [-0.4, -0.2) is 14.5 Å². The third-order valence-electron chi connectivity index (χ3n) is 6.41. The van der Waals surface area contributed by atoms with E-state index in [0.717, 1.165) is 15.0 Å². The van der Waals surface area contributed by atoms with E-state index in [4.69, 9.17) is 0 Å². The summed E-state index contributed by atoms with van der Waals surface area (Å²) in [6.07, 6.45) is 1.97. The van der Waals surface area contributed by atoms with Gasteiger partial charge in [0.2, 0.25) is 0 Å². The molecule has 0 N–H and O–H groups in total. The number of rotatable bonds is 2. The molecule has 1 nitrogen and oxygen atoms in total. The summed E-state index contributed by atoms with van der Waals surface area (Å²) in [7, 11) is 0.930. The van der Waals surface area contributed by atoms with Crippen molar-refractivity contribution in [2.75, 3.05) is 0 Å². The molecule has 0 bridgehead atoms. The largest absolute Gasteiger partial charge is 2.00 e. The average Bonchev–Trinajstić information content (AvgIpc) is 3.59. The molecule has 0 spiro atoms. The molecule has 0 fully saturated rings. The summed E-state index contributed by atoms with van der Waals surface area (Å²) in [5, 5.41) is 7.89. The van der Waals surface area contributed by atoms with E-state index in [1.165, 1.54) is 48.8 Å². The van der Waals surface area contributed by atoms with E-state index in [9.17, 15) is 0 Å². The first kappa shape index (κ1) is 27.6. The maximum absolute atomic E-state index is 4.57. The fourth-order valence-electron chi connectivity index (χ4n) is 4.53. The van der Waals surface area contributed by atoms with Crippen molar-refractivity contribution < 1.29 is 26.2 Å². The Bertz CT molecular complexity index is 1700. The van der Waals surface area contributed by atoms with Gasteiger partial charge in [-0.3, -0.25) is 4.98 Å². The van der Waals surface area contributed by atoms with Gasteiger partial charge in [-0.15, -0.1) is 64.2 Å². The van der Waals surface area contributed by atoms with Crippen LogP contribution in [0.4, 0.5) is 0 Å². The quantitative estimate of drug-likeness (QED) is 0.147. The van der Waals surface area contributed by atoms with Crippen LogP contribution in [0, 0.1) is 6.92 Å². The van der Waals surface area contributed by atoms with Gasteiger partial charge in [0.1, 0.15) is 0 Å². The Labute approximate surface area is 246 Å². The third-order valence-corrected chi connectivity index (χ3v) is 7.32. The Balaban J connectivity index is 0.000000155. The molecule has 182 valence electrons. The molecular formula is C35H29NSiZr. The summed E-state index contributed by atoms with van der Waals surface area (Å²) in [5.41, 5.74) is 4.79. The molecule has 2 radical (unpaired) electrons. The van der Waals surface area contributed by atoms with Crippen molar-refractivity contribution >= 4 is 47.2 Å². The Kier molecular flexibility index (Phi) is 9.76. The van der Waals surface area contributed by atoms with Crippen molar-refractivity contribution in [3.63, 3.8) is 0 Å². The molecule has 0 atom stereocenters. The first-order valence-corrected chi connectivity index (χ1v) is 14.1.